The van der Waals surface area contributed by atoms with Crippen LogP contribution in [0.25, 0.3) is 0 Å². The molecule has 1 aliphatic rings. The van der Waals surface area contributed by atoms with Crippen molar-refractivity contribution in [3.05, 3.63) is 47.8 Å². The summed E-state index contributed by atoms with van der Waals surface area (Å²) in [6, 6.07) is 10.0. The number of nitrogens with zero attached hydrogens (tertiary/aromatic N) is 3. The molecule has 5 nitrogen and oxygen atoms in total. The highest BCUT2D eigenvalue weighted by Crippen LogP contribution is 2.27. The van der Waals surface area contributed by atoms with Gasteiger partial charge in [-0.15, -0.1) is 0 Å². The maximum absolute atomic E-state index is 11.4. The number of para-hydroxylation sites is 1. The van der Waals surface area contributed by atoms with Crippen LogP contribution in [0.3, 0.4) is 0 Å². The Morgan fingerprint density at radius 3 is 2.50 bits per heavy atom. The Morgan fingerprint density at radius 1 is 1.17 bits per heavy atom. The van der Waals surface area contributed by atoms with Crippen molar-refractivity contribution in [1.82, 2.24) is 9.19 Å². The zero-order valence-electron chi connectivity index (χ0n) is 9.94. The van der Waals surface area contributed by atoms with Gasteiger partial charge in [-0.2, -0.15) is 9.19 Å². The SMILES string of the molecule is CS(=O)(=O)n1cc2c(n1)CN(c1ccccc1)C2. The van der Waals surface area contributed by atoms with E-state index in [9.17, 15) is 8.42 Å². The minimum absolute atomic E-state index is 0.655. The van der Waals surface area contributed by atoms with Crippen molar-refractivity contribution in [1.29, 1.82) is 0 Å². The monoisotopic (exact) mass is 263 g/mol. The number of rotatable bonds is 2. The second-order valence-electron chi connectivity index (χ2n) is 4.43. The van der Waals surface area contributed by atoms with Gasteiger partial charge in [0.2, 0.25) is 0 Å². The fraction of sp³-hybridized carbons (Fsp3) is 0.250. The molecule has 1 aliphatic heterocycles. The maximum Gasteiger partial charge on any atom is 0.250 e. The van der Waals surface area contributed by atoms with Gasteiger partial charge in [-0.3, -0.25) is 0 Å². The predicted molar refractivity (Wildman–Crippen MR) is 68.8 cm³/mol. The summed E-state index contributed by atoms with van der Waals surface area (Å²) in [6.45, 7) is 1.36. The first-order valence-electron chi connectivity index (χ1n) is 5.62. The Hall–Kier alpha value is -1.82. The molecular weight excluding hydrogens is 250 g/mol. The second-order valence-corrected chi connectivity index (χ2v) is 6.27. The highest BCUT2D eigenvalue weighted by molar-refractivity contribution is 7.89. The van der Waals surface area contributed by atoms with Gasteiger partial charge in [0.25, 0.3) is 10.0 Å². The van der Waals surface area contributed by atoms with Gasteiger partial charge < -0.3 is 4.90 Å². The molecule has 0 unspecified atom stereocenters. The van der Waals surface area contributed by atoms with Gasteiger partial charge in [-0.05, 0) is 12.1 Å². The quantitative estimate of drug-likeness (QED) is 0.817. The standard InChI is InChI=1S/C12H13N3O2S/c1-18(16,17)15-8-10-7-14(9-12(10)13-15)11-5-3-2-4-6-11/h2-6,8H,7,9H2,1H3. The second kappa shape index (κ2) is 3.84. The summed E-state index contributed by atoms with van der Waals surface area (Å²) in [4.78, 5) is 2.17. The third-order valence-electron chi connectivity index (χ3n) is 3.02. The van der Waals surface area contributed by atoms with E-state index in [0.717, 1.165) is 27.3 Å². The van der Waals surface area contributed by atoms with Crippen LogP contribution >= 0.6 is 0 Å². The molecule has 0 amide bonds. The van der Waals surface area contributed by atoms with Crippen LogP contribution in [0.2, 0.25) is 0 Å². The summed E-state index contributed by atoms with van der Waals surface area (Å²) in [5.74, 6) is 0. The minimum Gasteiger partial charge on any atom is -0.361 e. The van der Waals surface area contributed by atoms with Crippen LogP contribution in [0, 0.1) is 0 Å². The van der Waals surface area contributed by atoms with Gasteiger partial charge in [0.15, 0.2) is 0 Å². The third kappa shape index (κ3) is 1.88. The molecule has 0 bridgehead atoms. The van der Waals surface area contributed by atoms with Crippen molar-refractivity contribution in [3.63, 3.8) is 0 Å². The summed E-state index contributed by atoms with van der Waals surface area (Å²) in [5.41, 5.74) is 2.94. The molecule has 0 fully saturated rings. The molecule has 18 heavy (non-hydrogen) atoms. The molecule has 3 rings (SSSR count). The molecule has 1 aromatic heterocycles. The summed E-state index contributed by atoms with van der Waals surface area (Å²) in [7, 11) is -3.28. The van der Waals surface area contributed by atoms with Crippen LogP contribution in [0.4, 0.5) is 5.69 Å². The van der Waals surface area contributed by atoms with Gasteiger partial charge in [0, 0.05) is 24.0 Å². The average Bonchev–Trinajstić information content (AvgIpc) is 2.86. The first-order chi connectivity index (χ1) is 8.54. The Kier molecular flexibility index (Phi) is 2.41. The first kappa shape index (κ1) is 11.3. The number of anilines is 1. The Morgan fingerprint density at radius 2 is 1.89 bits per heavy atom. The van der Waals surface area contributed by atoms with E-state index in [0.29, 0.717) is 13.1 Å². The molecule has 0 saturated heterocycles. The van der Waals surface area contributed by atoms with E-state index in [1.807, 2.05) is 30.3 Å². The van der Waals surface area contributed by atoms with E-state index in [4.69, 9.17) is 0 Å². The number of hydrogen-bond acceptors (Lipinski definition) is 4. The van der Waals surface area contributed by atoms with Gasteiger partial charge in [-0.25, -0.2) is 8.42 Å². The zero-order valence-corrected chi connectivity index (χ0v) is 10.8. The van der Waals surface area contributed by atoms with E-state index in [1.165, 1.54) is 0 Å². The van der Waals surface area contributed by atoms with Gasteiger partial charge in [0.05, 0.1) is 18.5 Å². The number of benzene rings is 1. The van der Waals surface area contributed by atoms with Crippen LogP contribution in [0.5, 0.6) is 0 Å². The molecule has 0 N–H and O–H groups in total. The Labute approximate surface area is 106 Å². The Bertz CT molecular complexity index is 653. The largest absolute Gasteiger partial charge is 0.361 e. The molecule has 2 aromatic rings. The van der Waals surface area contributed by atoms with Crippen LogP contribution in [-0.2, 0) is 23.1 Å². The van der Waals surface area contributed by atoms with Crippen molar-refractivity contribution in [2.45, 2.75) is 13.1 Å². The highest BCUT2D eigenvalue weighted by atomic mass is 32.2. The van der Waals surface area contributed by atoms with E-state index >= 15 is 0 Å². The van der Waals surface area contributed by atoms with E-state index in [2.05, 4.69) is 10.00 Å². The summed E-state index contributed by atoms with van der Waals surface area (Å²) < 4.78 is 23.8. The van der Waals surface area contributed by atoms with Crippen molar-refractivity contribution in [2.24, 2.45) is 0 Å². The third-order valence-corrected chi connectivity index (χ3v) is 3.89. The van der Waals surface area contributed by atoms with Crippen molar-refractivity contribution in [2.75, 3.05) is 11.2 Å². The predicted octanol–water partition coefficient (Wildman–Crippen LogP) is 1.21. The lowest BCUT2D eigenvalue weighted by atomic mass is 10.3. The molecule has 0 spiro atoms. The van der Waals surface area contributed by atoms with Gasteiger partial charge in [0.1, 0.15) is 0 Å². The lowest BCUT2D eigenvalue weighted by molar-refractivity contribution is 0.585. The number of aromatic nitrogens is 2. The van der Waals surface area contributed by atoms with Gasteiger partial charge >= 0.3 is 0 Å². The molecule has 2 heterocycles. The van der Waals surface area contributed by atoms with Gasteiger partial charge in [-0.1, -0.05) is 18.2 Å². The molecule has 0 atom stereocenters. The normalized spacial score (nSPS) is 14.8. The van der Waals surface area contributed by atoms with E-state index in [1.54, 1.807) is 6.20 Å². The highest BCUT2D eigenvalue weighted by Gasteiger charge is 2.24. The molecule has 0 saturated carbocycles. The van der Waals surface area contributed by atoms with Crippen LogP contribution < -0.4 is 4.90 Å². The van der Waals surface area contributed by atoms with E-state index < -0.39 is 10.0 Å². The molecule has 0 radical (unpaired) electrons. The fourth-order valence-corrected chi connectivity index (χ4v) is 2.68. The Balaban J connectivity index is 1.88. The molecule has 94 valence electrons. The smallest absolute Gasteiger partial charge is 0.250 e. The first-order valence-corrected chi connectivity index (χ1v) is 7.47. The molecule has 0 aliphatic carbocycles. The lowest BCUT2D eigenvalue weighted by Crippen LogP contribution is -2.17. The van der Waals surface area contributed by atoms with Crippen molar-refractivity contribution < 1.29 is 8.42 Å². The topological polar surface area (TPSA) is 55.2 Å². The summed E-state index contributed by atoms with van der Waals surface area (Å²) in [5, 5.41) is 4.12. The van der Waals surface area contributed by atoms with Crippen molar-refractivity contribution in [3.8, 4) is 0 Å². The number of fused-ring (bicyclic) bond motifs is 1. The molecule has 1 aromatic carbocycles. The minimum atomic E-state index is -3.28. The lowest BCUT2D eigenvalue weighted by Gasteiger charge is -2.17. The van der Waals surface area contributed by atoms with Crippen molar-refractivity contribution >= 4 is 15.7 Å². The summed E-state index contributed by atoms with van der Waals surface area (Å²) in [6.07, 6.45) is 2.76. The number of hydrogen-bond donors (Lipinski definition) is 0. The summed E-state index contributed by atoms with van der Waals surface area (Å²) >= 11 is 0. The maximum atomic E-state index is 11.4. The van der Waals surface area contributed by atoms with Crippen LogP contribution in [-0.4, -0.2) is 23.9 Å². The molecular formula is C12H13N3O2S. The zero-order chi connectivity index (χ0) is 12.8. The van der Waals surface area contributed by atoms with Crippen LogP contribution in [0.15, 0.2) is 36.5 Å². The molecule has 6 heteroatoms. The average molecular weight is 263 g/mol. The van der Waals surface area contributed by atoms with E-state index in [-0.39, 0.29) is 0 Å². The van der Waals surface area contributed by atoms with Crippen LogP contribution in [0.1, 0.15) is 11.3 Å². The fourth-order valence-electron chi connectivity index (χ4n) is 2.12.